The van der Waals surface area contributed by atoms with Gasteiger partial charge in [-0.25, -0.2) is 14.6 Å². The molecule has 0 aliphatic rings. The Balaban J connectivity index is 2.01. The van der Waals surface area contributed by atoms with Crippen molar-refractivity contribution in [1.29, 1.82) is 0 Å². The van der Waals surface area contributed by atoms with Crippen LogP contribution in [0.25, 0.3) is 11.2 Å². The van der Waals surface area contributed by atoms with E-state index in [1.165, 1.54) is 4.57 Å². The van der Waals surface area contributed by atoms with Crippen LogP contribution in [0.2, 0.25) is 0 Å². The minimum atomic E-state index is -0.478. The van der Waals surface area contributed by atoms with E-state index in [-0.39, 0.29) is 6.61 Å². The van der Waals surface area contributed by atoms with E-state index in [1.54, 1.807) is 34.5 Å². The molecule has 9 nitrogen and oxygen atoms in total. The van der Waals surface area contributed by atoms with Crippen LogP contribution >= 0.6 is 0 Å². The van der Waals surface area contributed by atoms with Crippen molar-refractivity contribution in [1.82, 2.24) is 23.7 Å². The van der Waals surface area contributed by atoms with E-state index in [0.717, 1.165) is 19.3 Å². The molecule has 3 rings (SSSR count). The van der Waals surface area contributed by atoms with Crippen LogP contribution in [0.4, 0.5) is 0 Å². The van der Waals surface area contributed by atoms with Crippen molar-refractivity contribution < 1.29 is 9.53 Å². The Morgan fingerprint density at radius 3 is 2.61 bits per heavy atom. The van der Waals surface area contributed by atoms with Crippen molar-refractivity contribution in [3.05, 3.63) is 50.7 Å². The number of H-pyrrole nitrogens is 1. The van der Waals surface area contributed by atoms with Crippen LogP contribution in [0.1, 0.15) is 49.4 Å². The number of hydrogen-bond acceptors (Lipinski definition) is 5. The zero-order valence-electron chi connectivity index (χ0n) is 16.4. The zero-order chi connectivity index (χ0) is 20.3. The van der Waals surface area contributed by atoms with Gasteiger partial charge in [-0.3, -0.25) is 14.3 Å². The summed E-state index contributed by atoms with van der Waals surface area (Å²) in [5, 5.41) is 0. The molecular weight excluding hydrogens is 362 g/mol. The number of nitrogens with zero attached hydrogens (tertiary/aromatic N) is 4. The van der Waals surface area contributed by atoms with E-state index >= 15 is 0 Å². The smallest absolute Gasteiger partial charge is 0.355 e. The van der Waals surface area contributed by atoms with Gasteiger partial charge in [0, 0.05) is 26.3 Å². The van der Waals surface area contributed by atoms with E-state index in [1.807, 2.05) is 13.8 Å². The predicted octanol–water partition coefficient (Wildman–Crippen LogP) is 1.79. The lowest BCUT2D eigenvalue weighted by Crippen LogP contribution is -2.31. The number of nitrogens with one attached hydrogen (secondary N) is 1. The highest BCUT2D eigenvalue weighted by molar-refractivity contribution is 5.87. The standard InChI is InChI=1S/C19H25N5O4/c1-4-6-11-24-16-15(17(25)21-19(24)27)23(9-5-2)14(20-16)12-28-18(26)13-8-7-10-22(13)3/h7-8,10H,4-6,9,11-12H2,1-3H3,(H,21,25,27). The van der Waals surface area contributed by atoms with Gasteiger partial charge in [-0.15, -0.1) is 0 Å². The lowest BCUT2D eigenvalue weighted by Gasteiger charge is -2.09. The number of carbonyl (C=O) groups excluding carboxylic acids is 1. The summed E-state index contributed by atoms with van der Waals surface area (Å²) in [5.41, 5.74) is 0.145. The molecule has 0 aliphatic carbocycles. The molecule has 0 aliphatic heterocycles. The van der Waals surface area contributed by atoms with Gasteiger partial charge in [0.25, 0.3) is 5.56 Å². The maximum atomic E-state index is 12.5. The molecule has 0 aromatic carbocycles. The summed E-state index contributed by atoms with van der Waals surface area (Å²) in [5.74, 6) is -0.0272. The normalized spacial score (nSPS) is 11.2. The predicted molar refractivity (Wildman–Crippen MR) is 104 cm³/mol. The summed E-state index contributed by atoms with van der Waals surface area (Å²) in [6.45, 7) is 4.92. The van der Waals surface area contributed by atoms with Crippen molar-refractivity contribution >= 4 is 17.1 Å². The topological polar surface area (TPSA) is 104 Å². The average molecular weight is 387 g/mol. The fourth-order valence-corrected chi connectivity index (χ4v) is 3.19. The molecule has 0 radical (unpaired) electrons. The molecule has 0 amide bonds. The van der Waals surface area contributed by atoms with Gasteiger partial charge in [-0.05, 0) is 25.0 Å². The maximum absolute atomic E-state index is 12.5. The van der Waals surface area contributed by atoms with Crippen LogP contribution in [-0.4, -0.2) is 29.6 Å². The minimum Gasteiger partial charge on any atom is -0.453 e. The van der Waals surface area contributed by atoms with Crippen LogP contribution in [0.5, 0.6) is 0 Å². The highest BCUT2D eigenvalue weighted by Gasteiger charge is 2.20. The number of aromatic amines is 1. The molecule has 150 valence electrons. The number of aromatic nitrogens is 5. The van der Waals surface area contributed by atoms with Gasteiger partial charge < -0.3 is 13.9 Å². The zero-order valence-corrected chi connectivity index (χ0v) is 16.4. The number of ether oxygens (including phenoxy) is 1. The first-order chi connectivity index (χ1) is 13.5. The Labute approximate surface area is 161 Å². The van der Waals surface area contributed by atoms with Gasteiger partial charge in [0.15, 0.2) is 11.2 Å². The number of fused-ring (bicyclic) bond motifs is 1. The Bertz CT molecular complexity index is 1100. The second-order valence-electron chi connectivity index (χ2n) is 6.70. The van der Waals surface area contributed by atoms with Crippen molar-refractivity contribution in [3.63, 3.8) is 0 Å². The van der Waals surface area contributed by atoms with Crippen molar-refractivity contribution in [2.75, 3.05) is 0 Å². The van der Waals surface area contributed by atoms with Gasteiger partial charge in [0.1, 0.15) is 18.1 Å². The van der Waals surface area contributed by atoms with Crippen LogP contribution in [0, 0.1) is 0 Å². The number of esters is 1. The lowest BCUT2D eigenvalue weighted by molar-refractivity contribution is 0.0447. The van der Waals surface area contributed by atoms with Crippen LogP contribution in [-0.2, 0) is 31.5 Å². The highest BCUT2D eigenvalue weighted by atomic mass is 16.5. The highest BCUT2D eigenvalue weighted by Crippen LogP contribution is 2.15. The van der Waals surface area contributed by atoms with Gasteiger partial charge in [-0.2, -0.15) is 0 Å². The largest absolute Gasteiger partial charge is 0.453 e. The van der Waals surface area contributed by atoms with Gasteiger partial charge in [0.05, 0.1) is 0 Å². The fourth-order valence-electron chi connectivity index (χ4n) is 3.19. The quantitative estimate of drug-likeness (QED) is 0.594. The molecule has 0 saturated carbocycles. The van der Waals surface area contributed by atoms with E-state index in [9.17, 15) is 14.4 Å². The molecule has 0 spiro atoms. The third-order valence-corrected chi connectivity index (χ3v) is 4.63. The molecular formula is C19H25N5O4. The molecule has 3 aromatic heterocycles. The van der Waals surface area contributed by atoms with Gasteiger partial charge >= 0.3 is 11.7 Å². The SMILES string of the molecule is CCCCn1c(=O)[nH]c(=O)c2c1nc(COC(=O)c1cccn1C)n2CCC. The Kier molecular flexibility index (Phi) is 5.81. The van der Waals surface area contributed by atoms with E-state index in [4.69, 9.17) is 4.74 Å². The number of aryl methyl sites for hydroxylation is 3. The van der Waals surface area contributed by atoms with Gasteiger partial charge in [-0.1, -0.05) is 20.3 Å². The van der Waals surface area contributed by atoms with E-state index < -0.39 is 17.2 Å². The first-order valence-electron chi connectivity index (χ1n) is 9.48. The van der Waals surface area contributed by atoms with Crippen LogP contribution in [0.15, 0.2) is 27.9 Å². The molecule has 0 bridgehead atoms. The Morgan fingerprint density at radius 2 is 1.96 bits per heavy atom. The molecule has 0 atom stereocenters. The summed E-state index contributed by atoms with van der Waals surface area (Å²) >= 11 is 0. The Morgan fingerprint density at radius 1 is 1.18 bits per heavy atom. The Hall–Kier alpha value is -3.10. The maximum Gasteiger partial charge on any atom is 0.355 e. The molecule has 0 fully saturated rings. The fraction of sp³-hybridized carbons (Fsp3) is 0.474. The summed E-state index contributed by atoms with van der Waals surface area (Å²) in [6, 6.07) is 3.43. The molecule has 1 N–H and O–H groups in total. The second-order valence-corrected chi connectivity index (χ2v) is 6.70. The van der Waals surface area contributed by atoms with Crippen LogP contribution < -0.4 is 11.2 Å². The third-order valence-electron chi connectivity index (χ3n) is 4.63. The van der Waals surface area contributed by atoms with E-state index in [0.29, 0.717) is 35.8 Å². The van der Waals surface area contributed by atoms with Crippen molar-refractivity contribution in [2.24, 2.45) is 7.05 Å². The van der Waals surface area contributed by atoms with Crippen molar-refractivity contribution in [2.45, 2.75) is 52.8 Å². The number of rotatable bonds is 8. The molecule has 9 heteroatoms. The summed E-state index contributed by atoms with van der Waals surface area (Å²) < 4.78 is 10.3. The molecule has 3 aromatic rings. The average Bonchev–Trinajstić information content (AvgIpc) is 3.24. The summed E-state index contributed by atoms with van der Waals surface area (Å²) in [4.78, 5) is 43.9. The lowest BCUT2D eigenvalue weighted by atomic mass is 10.3. The number of unbranched alkanes of at least 4 members (excludes halogenated alkanes) is 1. The molecule has 28 heavy (non-hydrogen) atoms. The number of hydrogen-bond donors (Lipinski definition) is 1. The monoisotopic (exact) mass is 387 g/mol. The molecule has 0 saturated heterocycles. The molecule has 3 heterocycles. The van der Waals surface area contributed by atoms with Gasteiger partial charge in [0.2, 0.25) is 0 Å². The van der Waals surface area contributed by atoms with Crippen LogP contribution in [0.3, 0.4) is 0 Å². The first-order valence-corrected chi connectivity index (χ1v) is 9.48. The first kappa shape index (κ1) is 19.7. The molecule has 0 unspecified atom stereocenters. The third kappa shape index (κ3) is 3.64. The van der Waals surface area contributed by atoms with Crippen molar-refractivity contribution in [3.8, 4) is 0 Å². The minimum absolute atomic E-state index is 0.0832. The second kappa shape index (κ2) is 8.28. The van der Waals surface area contributed by atoms with E-state index in [2.05, 4.69) is 9.97 Å². The summed E-state index contributed by atoms with van der Waals surface area (Å²) in [6.07, 6.45) is 4.22. The number of imidazole rings is 1. The number of carbonyl (C=O) groups is 1. The summed E-state index contributed by atoms with van der Waals surface area (Å²) in [7, 11) is 1.76.